The van der Waals surface area contributed by atoms with Crippen LogP contribution in [0.5, 0.6) is 0 Å². The number of hydrogen-bond donors (Lipinski definition) is 3. The molecule has 2 unspecified atom stereocenters. The molecule has 2 atom stereocenters. The van der Waals surface area contributed by atoms with E-state index in [4.69, 9.17) is 17.3 Å². The summed E-state index contributed by atoms with van der Waals surface area (Å²) in [6, 6.07) is 0. The normalized spacial score (nSPS) is 14.5. The molecule has 88 valence electrons. The van der Waals surface area contributed by atoms with Gasteiger partial charge in [0.1, 0.15) is 17.3 Å². The van der Waals surface area contributed by atoms with E-state index in [0.29, 0.717) is 0 Å². The topological polar surface area (TPSA) is 123 Å². The Hall–Kier alpha value is -1.28. The Labute approximate surface area is 95.6 Å². The number of hydrogen-bond acceptors (Lipinski definition) is 6. The van der Waals surface area contributed by atoms with Gasteiger partial charge in [0.15, 0.2) is 0 Å². The molecule has 0 aliphatic rings. The van der Waals surface area contributed by atoms with E-state index in [9.17, 15) is 20.3 Å². The molecule has 0 fully saturated rings. The van der Waals surface area contributed by atoms with Crippen LogP contribution in [0.2, 0.25) is 5.02 Å². The standard InChI is InChI=1S/C8H10ClN3O4/c9-7-4(8(14)6(13)1-10)2-11-3-5(7)12(15)16/h2-3,6,8,13-14H,1,10H2. The maximum Gasteiger partial charge on any atom is 0.306 e. The van der Waals surface area contributed by atoms with Gasteiger partial charge in [0.25, 0.3) is 0 Å². The zero-order chi connectivity index (χ0) is 12.3. The highest BCUT2D eigenvalue weighted by molar-refractivity contribution is 6.33. The van der Waals surface area contributed by atoms with Crippen LogP contribution in [-0.2, 0) is 0 Å². The summed E-state index contributed by atoms with van der Waals surface area (Å²) >= 11 is 5.71. The third kappa shape index (κ3) is 2.45. The van der Waals surface area contributed by atoms with E-state index in [1.54, 1.807) is 0 Å². The van der Waals surface area contributed by atoms with Crippen molar-refractivity contribution in [3.05, 3.63) is 33.1 Å². The zero-order valence-corrected chi connectivity index (χ0v) is 8.83. The van der Waals surface area contributed by atoms with Crippen LogP contribution in [0.4, 0.5) is 5.69 Å². The van der Waals surface area contributed by atoms with Gasteiger partial charge in [-0.15, -0.1) is 0 Å². The lowest BCUT2D eigenvalue weighted by atomic mass is 10.1. The van der Waals surface area contributed by atoms with Crippen LogP contribution >= 0.6 is 11.6 Å². The van der Waals surface area contributed by atoms with Crippen molar-refractivity contribution in [3.63, 3.8) is 0 Å². The number of nitrogens with two attached hydrogens (primary N) is 1. The van der Waals surface area contributed by atoms with Crippen LogP contribution in [0.15, 0.2) is 12.4 Å². The molecule has 0 bridgehead atoms. The maximum absolute atomic E-state index is 10.5. The highest BCUT2D eigenvalue weighted by Gasteiger charge is 2.25. The number of aromatic nitrogens is 1. The average molecular weight is 248 g/mol. The Balaban J connectivity index is 3.15. The summed E-state index contributed by atoms with van der Waals surface area (Å²) in [7, 11) is 0. The molecule has 0 radical (unpaired) electrons. The van der Waals surface area contributed by atoms with Crippen LogP contribution < -0.4 is 5.73 Å². The van der Waals surface area contributed by atoms with E-state index >= 15 is 0 Å². The first kappa shape index (κ1) is 12.8. The van der Waals surface area contributed by atoms with Crippen LogP contribution in [0.1, 0.15) is 11.7 Å². The van der Waals surface area contributed by atoms with E-state index in [1.807, 2.05) is 0 Å². The number of halogens is 1. The summed E-state index contributed by atoms with van der Waals surface area (Å²) < 4.78 is 0. The molecule has 8 heteroatoms. The molecule has 7 nitrogen and oxygen atoms in total. The van der Waals surface area contributed by atoms with Gasteiger partial charge < -0.3 is 15.9 Å². The van der Waals surface area contributed by atoms with Crippen molar-refractivity contribution in [1.29, 1.82) is 0 Å². The molecule has 1 aromatic rings. The van der Waals surface area contributed by atoms with Gasteiger partial charge >= 0.3 is 5.69 Å². The van der Waals surface area contributed by atoms with Crippen LogP contribution in [-0.4, -0.2) is 32.8 Å². The summed E-state index contributed by atoms with van der Waals surface area (Å²) in [5, 5.41) is 29.2. The number of nitro groups is 1. The fourth-order valence-electron chi connectivity index (χ4n) is 1.12. The van der Waals surface area contributed by atoms with Crippen LogP contribution in [0, 0.1) is 10.1 Å². The van der Waals surface area contributed by atoms with Crippen LogP contribution in [0.3, 0.4) is 0 Å². The van der Waals surface area contributed by atoms with Gasteiger partial charge in [0, 0.05) is 18.3 Å². The number of aliphatic hydroxyl groups excluding tert-OH is 2. The Bertz CT molecular complexity index is 401. The predicted molar refractivity (Wildman–Crippen MR) is 55.9 cm³/mol. The predicted octanol–water partition coefficient (Wildman–Crippen LogP) is -0.00380. The van der Waals surface area contributed by atoms with Crippen molar-refractivity contribution >= 4 is 17.3 Å². The molecule has 0 spiro atoms. The minimum atomic E-state index is -1.40. The lowest BCUT2D eigenvalue weighted by Crippen LogP contribution is -2.27. The van der Waals surface area contributed by atoms with E-state index in [-0.39, 0.29) is 17.1 Å². The van der Waals surface area contributed by atoms with Gasteiger partial charge in [0.2, 0.25) is 0 Å². The molecule has 0 aromatic carbocycles. The average Bonchev–Trinajstić information content (AvgIpc) is 2.27. The van der Waals surface area contributed by atoms with Crippen molar-refractivity contribution in [2.24, 2.45) is 5.73 Å². The molecule has 0 aliphatic heterocycles. The summed E-state index contributed by atoms with van der Waals surface area (Å²) in [6.45, 7) is -0.194. The maximum atomic E-state index is 10.5. The molecule has 0 saturated carbocycles. The second kappa shape index (κ2) is 5.17. The molecule has 0 saturated heterocycles. The van der Waals surface area contributed by atoms with Crippen molar-refractivity contribution in [3.8, 4) is 0 Å². The van der Waals surface area contributed by atoms with Gasteiger partial charge in [-0.3, -0.25) is 15.1 Å². The molecular weight excluding hydrogens is 238 g/mol. The number of pyridine rings is 1. The first-order valence-corrected chi connectivity index (χ1v) is 4.70. The Kier molecular flexibility index (Phi) is 4.13. The van der Waals surface area contributed by atoms with E-state index < -0.39 is 22.8 Å². The highest BCUT2D eigenvalue weighted by atomic mass is 35.5. The van der Waals surface area contributed by atoms with Gasteiger partial charge in [-0.25, -0.2) is 0 Å². The van der Waals surface area contributed by atoms with E-state index in [1.165, 1.54) is 0 Å². The van der Waals surface area contributed by atoms with Gasteiger partial charge in [-0.1, -0.05) is 11.6 Å². The molecule has 1 aromatic heterocycles. The first-order valence-electron chi connectivity index (χ1n) is 4.33. The lowest BCUT2D eigenvalue weighted by molar-refractivity contribution is -0.385. The highest BCUT2D eigenvalue weighted by Crippen LogP contribution is 2.31. The Morgan fingerprint density at radius 1 is 1.56 bits per heavy atom. The number of rotatable bonds is 4. The zero-order valence-electron chi connectivity index (χ0n) is 8.08. The lowest BCUT2D eigenvalue weighted by Gasteiger charge is -2.16. The molecule has 1 heterocycles. The fraction of sp³-hybridized carbons (Fsp3) is 0.375. The van der Waals surface area contributed by atoms with Crippen molar-refractivity contribution in [2.45, 2.75) is 12.2 Å². The minimum Gasteiger partial charge on any atom is -0.389 e. The van der Waals surface area contributed by atoms with Crippen molar-refractivity contribution < 1.29 is 15.1 Å². The van der Waals surface area contributed by atoms with Crippen molar-refractivity contribution in [2.75, 3.05) is 6.54 Å². The molecule has 4 N–H and O–H groups in total. The molecular formula is C8H10ClN3O4. The van der Waals surface area contributed by atoms with E-state index in [2.05, 4.69) is 4.98 Å². The minimum absolute atomic E-state index is 0.0196. The largest absolute Gasteiger partial charge is 0.389 e. The van der Waals surface area contributed by atoms with Gasteiger partial charge in [0.05, 0.1) is 11.0 Å². The fourth-order valence-corrected chi connectivity index (χ4v) is 1.40. The summed E-state index contributed by atoms with van der Waals surface area (Å²) in [5.74, 6) is 0. The number of aliphatic hydroxyl groups is 2. The molecule has 0 amide bonds. The third-order valence-electron chi connectivity index (χ3n) is 2.01. The Morgan fingerprint density at radius 2 is 2.19 bits per heavy atom. The molecule has 0 aliphatic carbocycles. The quantitative estimate of drug-likeness (QED) is 0.508. The molecule has 16 heavy (non-hydrogen) atoms. The third-order valence-corrected chi connectivity index (χ3v) is 2.42. The SMILES string of the molecule is NCC(O)C(O)c1cncc([N+](=O)[O-])c1Cl. The smallest absolute Gasteiger partial charge is 0.306 e. The second-order valence-electron chi connectivity index (χ2n) is 3.07. The van der Waals surface area contributed by atoms with Gasteiger partial charge in [-0.05, 0) is 0 Å². The van der Waals surface area contributed by atoms with Gasteiger partial charge in [-0.2, -0.15) is 0 Å². The first-order chi connectivity index (χ1) is 7.49. The number of nitrogens with zero attached hydrogens (tertiary/aromatic N) is 2. The summed E-state index contributed by atoms with van der Waals surface area (Å²) in [5.41, 5.74) is 4.70. The van der Waals surface area contributed by atoms with E-state index in [0.717, 1.165) is 12.4 Å². The monoisotopic (exact) mass is 247 g/mol. The second-order valence-corrected chi connectivity index (χ2v) is 3.44. The molecule has 1 rings (SSSR count). The van der Waals surface area contributed by atoms with Crippen LogP contribution in [0.25, 0.3) is 0 Å². The summed E-state index contributed by atoms with van der Waals surface area (Å²) in [6.07, 6.45) is -0.530. The summed E-state index contributed by atoms with van der Waals surface area (Å²) in [4.78, 5) is 13.4. The van der Waals surface area contributed by atoms with Crippen molar-refractivity contribution in [1.82, 2.24) is 4.98 Å². The Morgan fingerprint density at radius 3 is 2.69 bits per heavy atom.